The standard InChI is InChI=1S/C24H28N4O2/c1-4-28(5-2)23(29)15-8-18-6-11-21(12-7-18)27-24-25-16-20(17-26-24)19-9-13-22(30-3)14-10-19/h6-7,9-14,16-17H,4-5,8,15H2,1-3H3,(H,25,26,27). The molecule has 3 aromatic rings. The fourth-order valence-corrected chi connectivity index (χ4v) is 3.19. The van der Waals surface area contributed by atoms with E-state index in [-0.39, 0.29) is 5.91 Å². The van der Waals surface area contributed by atoms with Crippen molar-refractivity contribution in [2.75, 3.05) is 25.5 Å². The SMILES string of the molecule is CCN(CC)C(=O)CCc1ccc(Nc2ncc(-c3ccc(OC)cc3)cn2)cc1. The highest BCUT2D eigenvalue weighted by molar-refractivity contribution is 5.76. The number of aromatic nitrogens is 2. The lowest BCUT2D eigenvalue weighted by Crippen LogP contribution is -2.30. The number of rotatable bonds is 9. The van der Waals surface area contributed by atoms with Gasteiger partial charge >= 0.3 is 0 Å². The molecular weight excluding hydrogens is 376 g/mol. The van der Waals surface area contributed by atoms with Crippen molar-refractivity contribution in [3.8, 4) is 16.9 Å². The molecule has 0 unspecified atom stereocenters. The summed E-state index contributed by atoms with van der Waals surface area (Å²) in [4.78, 5) is 22.8. The van der Waals surface area contributed by atoms with E-state index in [1.54, 1.807) is 19.5 Å². The van der Waals surface area contributed by atoms with E-state index in [9.17, 15) is 4.79 Å². The smallest absolute Gasteiger partial charge is 0.227 e. The predicted octanol–water partition coefficient (Wildman–Crippen LogP) is 4.70. The van der Waals surface area contributed by atoms with Crippen molar-refractivity contribution in [2.24, 2.45) is 0 Å². The zero-order chi connectivity index (χ0) is 21.3. The monoisotopic (exact) mass is 404 g/mol. The highest BCUT2D eigenvalue weighted by atomic mass is 16.5. The van der Waals surface area contributed by atoms with Gasteiger partial charge < -0.3 is 15.0 Å². The van der Waals surface area contributed by atoms with Crippen molar-refractivity contribution in [3.05, 3.63) is 66.5 Å². The zero-order valence-electron chi connectivity index (χ0n) is 17.8. The molecule has 30 heavy (non-hydrogen) atoms. The van der Waals surface area contributed by atoms with Gasteiger partial charge in [-0.1, -0.05) is 24.3 Å². The highest BCUT2D eigenvalue weighted by Crippen LogP contribution is 2.22. The fourth-order valence-electron chi connectivity index (χ4n) is 3.19. The molecule has 1 aromatic heterocycles. The molecule has 0 aliphatic heterocycles. The summed E-state index contributed by atoms with van der Waals surface area (Å²) in [6.07, 6.45) is 4.86. The van der Waals surface area contributed by atoms with E-state index in [0.717, 1.165) is 47.6 Å². The normalized spacial score (nSPS) is 10.5. The third-order valence-electron chi connectivity index (χ3n) is 5.03. The van der Waals surface area contributed by atoms with Crippen LogP contribution in [0.1, 0.15) is 25.8 Å². The van der Waals surface area contributed by atoms with Crippen LogP contribution < -0.4 is 10.1 Å². The van der Waals surface area contributed by atoms with Crippen LogP contribution in [0.4, 0.5) is 11.6 Å². The maximum absolute atomic E-state index is 12.1. The third-order valence-corrected chi connectivity index (χ3v) is 5.03. The first kappa shape index (κ1) is 21.3. The lowest BCUT2D eigenvalue weighted by atomic mass is 10.1. The van der Waals surface area contributed by atoms with E-state index in [1.807, 2.05) is 67.3 Å². The Morgan fingerprint density at radius 2 is 1.57 bits per heavy atom. The number of aryl methyl sites for hydroxylation is 1. The van der Waals surface area contributed by atoms with E-state index in [0.29, 0.717) is 12.4 Å². The minimum absolute atomic E-state index is 0.201. The molecule has 0 aliphatic carbocycles. The van der Waals surface area contributed by atoms with Crippen LogP contribution in [0.3, 0.4) is 0 Å². The number of nitrogens with one attached hydrogen (secondary N) is 1. The van der Waals surface area contributed by atoms with E-state index in [1.165, 1.54) is 0 Å². The molecule has 0 fully saturated rings. The molecule has 0 saturated carbocycles. The molecule has 6 heteroatoms. The number of amides is 1. The number of ether oxygens (including phenoxy) is 1. The van der Waals surface area contributed by atoms with Crippen molar-refractivity contribution in [2.45, 2.75) is 26.7 Å². The molecule has 0 radical (unpaired) electrons. The highest BCUT2D eigenvalue weighted by Gasteiger charge is 2.09. The second-order valence-electron chi connectivity index (χ2n) is 6.91. The Kier molecular flexibility index (Phi) is 7.38. The van der Waals surface area contributed by atoms with Gasteiger partial charge in [-0.05, 0) is 55.7 Å². The molecule has 1 heterocycles. The lowest BCUT2D eigenvalue weighted by Gasteiger charge is -2.18. The van der Waals surface area contributed by atoms with Gasteiger partial charge in [0.2, 0.25) is 11.9 Å². The number of hydrogen-bond acceptors (Lipinski definition) is 5. The number of carbonyl (C=O) groups is 1. The molecule has 0 aliphatic rings. The van der Waals surface area contributed by atoms with E-state index >= 15 is 0 Å². The van der Waals surface area contributed by atoms with Crippen LogP contribution in [0.5, 0.6) is 5.75 Å². The first-order valence-electron chi connectivity index (χ1n) is 10.2. The first-order valence-corrected chi connectivity index (χ1v) is 10.2. The fraction of sp³-hybridized carbons (Fsp3) is 0.292. The van der Waals surface area contributed by atoms with E-state index < -0.39 is 0 Å². The van der Waals surface area contributed by atoms with Crippen molar-refractivity contribution in [1.29, 1.82) is 0 Å². The summed E-state index contributed by atoms with van der Waals surface area (Å²) in [5.41, 5.74) is 4.02. The molecule has 2 aromatic carbocycles. The summed E-state index contributed by atoms with van der Waals surface area (Å²) >= 11 is 0. The Morgan fingerprint density at radius 3 is 2.13 bits per heavy atom. The average Bonchev–Trinajstić information content (AvgIpc) is 2.80. The molecule has 1 amide bonds. The van der Waals surface area contributed by atoms with Crippen LogP contribution in [-0.4, -0.2) is 41.0 Å². The lowest BCUT2D eigenvalue weighted by molar-refractivity contribution is -0.130. The summed E-state index contributed by atoms with van der Waals surface area (Å²) < 4.78 is 5.19. The molecule has 0 saturated heterocycles. The summed E-state index contributed by atoms with van der Waals surface area (Å²) in [5, 5.41) is 3.21. The van der Waals surface area contributed by atoms with Crippen molar-refractivity contribution in [3.63, 3.8) is 0 Å². The van der Waals surface area contributed by atoms with Crippen LogP contribution >= 0.6 is 0 Å². The van der Waals surface area contributed by atoms with Gasteiger partial charge in [0.15, 0.2) is 0 Å². The summed E-state index contributed by atoms with van der Waals surface area (Å²) in [7, 11) is 1.65. The van der Waals surface area contributed by atoms with Gasteiger partial charge in [-0.25, -0.2) is 9.97 Å². The largest absolute Gasteiger partial charge is 0.497 e. The van der Waals surface area contributed by atoms with E-state index in [2.05, 4.69) is 15.3 Å². The average molecular weight is 405 g/mol. The Balaban J connectivity index is 1.56. The minimum Gasteiger partial charge on any atom is -0.497 e. The molecule has 0 atom stereocenters. The molecule has 1 N–H and O–H groups in total. The molecule has 0 bridgehead atoms. The maximum Gasteiger partial charge on any atom is 0.227 e. The minimum atomic E-state index is 0.201. The molecular formula is C24H28N4O2. The van der Waals surface area contributed by atoms with E-state index in [4.69, 9.17) is 4.74 Å². The summed E-state index contributed by atoms with van der Waals surface area (Å²) in [5.74, 6) is 1.56. The van der Waals surface area contributed by atoms with Crippen LogP contribution in [0.15, 0.2) is 60.9 Å². The number of anilines is 2. The first-order chi connectivity index (χ1) is 14.6. The van der Waals surface area contributed by atoms with Gasteiger partial charge in [0.25, 0.3) is 0 Å². The summed E-state index contributed by atoms with van der Waals surface area (Å²) in [6, 6.07) is 15.8. The maximum atomic E-state index is 12.1. The number of methoxy groups -OCH3 is 1. The third kappa shape index (κ3) is 5.56. The number of hydrogen-bond donors (Lipinski definition) is 1. The van der Waals surface area contributed by atoms with Gasteiger partial charge in [-0.2, -0.15) is 0 Å². The van der Waals surface area contributed by atoms with Crippen molar-refractivity contribution in [1.82, 2.24) is 14.9 Å². The topological polar surface area (TPSA) is 67.4 Å². The van der Waals surface area contributed by atoms with Gasteiger partial charge in [0.05, 0.1) is 7.11 Å². The summed E-state index contributed by atoms with van der Waals surface area (Å²) in [6.45, 7) is 5.53. The molecule has 0 spiro atoms. The van der Waals surface area contributed by atoms with Crippen LogP contribution in [0, 0.1) is 0 Å². The second-order valence-corrected chi connectivity index (χ2v) is 6.91. The van der Waals surface area contributed by atoms with Crippen molar-refractivity contribution < 1.29 is 9.53 Å². The van der Waals surface area contributed by atoms with Gasteiger partial charge in [-0.15, -0.1) is 0 Å². The second kappa shape index (κ2) is 10.4. The quantitative estimate of drug-likeness (QED) is 0.560. The number of benzene rings is 2. The Hall–Kier alpha value is -3.41. The van der Waals surface area contributed by atoms with Gasteiger partial charge in [-0.3, -0.25) is 4.79 Å². The van der Waals surface area contributed by atoms with Crippen LogP contribution in [-0.2, 0) is 11.2 Å². The zero-order valence-corrected chi connectivity index (χ0v) is 17.8. The van der Waals surface area contributed by atoms with Crippen molar-refractivity contribution >= 4 is 17.5 Å². The molecule has 156 valence electrons. The van der Waals surface area contributed by atoms with Crippen LogP contribution in [0.25, 0.3) is 11.1 Å². The Morgan fingerprint density at radius 1 is 0.933 bits per heavy atom. The Bertz CT molecular complexity index is 934. The Labute approximate surface area is 177 Å². The number of nitrogens with zero attached hydrogens (tertiary/aromatic N) is 3. The van der Waals surface area contributed by atoms with Crippen LogP contribution in [0.2, 0.25) is 0 Å². The number of carbonyl (C=O) groups excluding carboxylic acids is 1. The van der Waals surface area contributed by atoms with Gasteiger partial charge in [0.1, 0.15) is 5.75 Å². The molecule has 3 rings (SSSR count). The van der Waals surface area contributed by atoms with Gasteiger partial charge in [0, 0.05) is 43.2 Å². The predicted molar refractivity (Wildman–Crippen MR) is 120 cm³/mol. The molecule has 6 nitrogen and oxygen atoms in total.